The molecule has 0 aromatic heterocycles. The molecule has 0 fully saturated rings. The van der Waals surface area contributed by atoms with Crippen molar-refractivity contribution in [1.29, 1.82) is 0 Å². The number of benzene rings is 2. The first-order valence-electron chi connectivity index (χ1n) is 6.62. The molecule has 1 atom stereocenters. The van der Waals surface area contributed by atoms with Gasteiger partial charge in [-0.05, 0) is 29.2 Å². The Balaban J connectivity index is 1.92. The van der Waals surface area contributed by atoms with Gasteiger partial charge in [0, 0.05) is 0 Å². The van der Waals surface area contributed by atoms with E-state index in [0.717, 1.165) is 11.3 Å². The van der Waals surface area contributed by atoms with E-state index in [1.54, 1.807) is 0 Å². The van der Waals surface area contributed by atoms with Crippen LogP contribution in [-0.4, -0.2) is 11.7 Å². The Morgan fingerprint density at radius 1 is 0.895 bits per heavy atom. The fourth-order valence-electron chi connectivity index (χ4n) is 1.90. The third-order valence-corrected chi connectivity index (χ3v) is 3.14. The molecule has 2 aromatic rings. The van der Waals surface area contributed by atoms with E-state index < -0.39 is 6.10 Å². The molecule has 19 heavy (non-hydrogen) atoms. The second-order valence-electron chi connectivity index (χ2n) is 4.96. The number of rotatable bonds is 5. The van der Waals surface area contributed by atoms with Crippen LogP contribution in [0.4, 0.5) is 0 Å². The first-order valence-corrected chi connectivity index (χ1v) is 6.62. The first kappa shape index (κ1) is 13.6. The number of ether oxygens (including phenoxy) is 1. The molecule has 1 N–H and O–H groups in total. The molecule has 0 aliphatic heterocycles. The summed E-state index contributed by atoms with van der Waals surface area (Å²) in [5.41, 5.74) is 2.16. The monoisotopic (exact) mass is 256 g/mol. The summed E-state index contributed by atoms with van der Waals surface area (Å²) in [7, 11) is 0. The van der Waals surface area contributed by atoms with Crippen LogP contribution in [0.1, 0.15) is 37.0 Å². The van der Waals surface area contributed by atoms with Crippen molar-refractivity contribution in [3.8, 4) is 5.75 Å². The predicted molar refractivity (Wildman–Crippen MR) is 77.4 cm³/mol. The highest BCUT2D eigenvalue weighted by Gasteiger charge is 2.07. The summed E-state index contributed by atoms with van der Waals surface area (Å²) in [6, 6.07) is 17.6. The molecule has 2 aromatic carbocycles. The lowest BCUT2D eigenvalue weighted by atomic mass is 10.0. The second-order valence-corrected chi connectivity index (χ2v) is 4.96. The van der Waals surface area contributed by atoms with Gasteiger partial charge in [0.05, 0.1) is 0 Å². The number of aliphatic hydroxyl groups excluding tert-OH is 1. The quantitative estimate of drug-likeness (QED) is 0.878. The second kappa shape index (κ2) is 6.39. The number of aliphatic hydroxyl groups is 1. The maximum absolute atomic E-state index is 10.00. The highest BCUT2D eigenvalue weighted by molar-refractivity contribution is 5.29. The van der Waals surface area contributed by atoms with E-state index in [1.165, 1.54) is 5.56 Å². The van der Waals surface area contributed by atoms with Gasteiger partial charge in [-0.2, -0.15) is 0 Å². The molecule has 1 unspecified atom stereocenters. The van der Waals surface area contributed by atoms with Crippen LogP contribution in [0, 0.1) is 0 Å². The van der Waals surface area contributed by atoms with E-state index in [2.05, 4.69) is 26.0 Å². The molecule has 0 spiro atoms. The molecule has 2 heteroatoms. The predicted octanol–water partition coefficient (Wildman–Crippen LogP) is 3.92. The van der Waals surface area contributed by atoms with Crippen molar-refractivity contribution in [1.82, 2.24) is 0 Å². The van der Waals surface area contributed by atoms with Gasteiger partial charge in [0.15, 0.2) is 0 Å². The minimum atomic E-state index is -0.592. The lowest BCUT2D eigenvalue weighted by molar-refractivity contribution is 0.108. The van der Waals surface area contributed by atoms with Crippen molar-refractivity contribution >= 4 is 0 Å². The Morgan fingerprint density at radius 3 is 2.11 bits per heavy atom. The van der Waals surface area contributed by atoms with Crippen molar-refractivity contribution in [3.63, 3.8) is 0 Å². The molecule has 0 aliphatic rings. The molecule has 2 nitrogen and oxygen atoms in total. The highest BCUT2D eigenvalue weighted by atomic mass is 16.5. The first-order chi connectivity index (χ1) is 9.16. The zero-order valence-corrected chi connectivity index (χ0v) is 11.4. The fraction of sp³-hybridized carbons (Fsp3) is 0.294. The van der Waals surface area contributed by atoms with Crippen molar-refractivity contribution in [2.45, 2.75) is 25.9 Å². The summed E-state index contributed by atoms with van der Waals surface area (Å²) in [5, 5.41) is 10.00. The Morgan fingerprint density at radius 2 is 1.53 bits per heavy atom. The summed E-state index contributed by atoms with van der Waals surface area (Å²) in [5.74, 6) is 1.31. The standard InChI is InChI=1S/C17H20O2/c1-13(2)14-8-10-16(11-9-14)19-12-17(18)15-6-4-3-5-7-15/h3-11,13,17-18H,12H2,1-2H3. The Labute approximate surface area is 114 Å². The molecular weight excluding hydrogens is 236 g/mol. The SMILES string of the molecule is CC(C)c1ccc(OCC(O)c2ccccc2)cc1. The lowest BCUT2D eigenvalue weighted by Gasteiger charge is -2.13. The van der Waals surface area contributed by atoms with Gasteiger partial charge in [-0.1, -0.05) is 56.3 Å². The molecule has 0 radical (unpaired) electrons. The van der Waals surface area contributed by atoms with E-state index in [0.29, 0.717) is 5.92 Å². The van der Waals surface area contributed by atoms with Gasteiger partial charge in [-0.3, -0.25) is 0 Å². The van der Waals surface area contributed by atoms with Crippen LogP contribution < -0.4 is 4.74 Å². The van der Waals surface area contributed by atoms with E-state index in [1.807, 2.05) is 42.5 Å². The Bertz CT molecular complexity index is 488. The van der Waals surface area contributed by atoms with E-state index in [9.17, 15) is 5.11 Å². The van der Waals surface area contributed by atoms with Crippen LogP contribution in [0.3, 0.4) is 0 Å². The average molecular weight is 256 g/mol. The van der Waals surface area contributed by atoms with Crippen molar-refractivity contribution in [3.05, 3.63) is 65.7 Å². The van der Waals surface area contributed by atoms with Crippen LogP contribution >= 0.6 is 0 Å². The maximum atomic E-state index is 10.00. The molecule has 0 bridgehead atoms. The molecule has 0 saturated heterocycles. The summed E-state index contributed by atoms with van der Waals surface area (Å²) in [6.45, 7) is 4.59. The molecule has 0 aliphatic carbocycles. The smallest absolute Gasteiger partial charge is 0.119 e. The fourth-order valence-corrected chi connectivity index (χ4v) is 1.90. The van der Waals surface area contributed by atoms with Crippen molar-refractivity contribution < 1.29 is 9.84 Å². The third kappa shape index (κ3) is 3.83. The van der Waals surface area contributed by atoms with E-state index in [4.69, 9.17) is 4.74 Å². The van der Waals surface area contributed by atoms with Crippen molar-refractivity contribution in [2.75, 3.05) is 6.61 Å². The summed E-state index contributed by atoms with van der Waals surface area (Å²) >= 11 is 0. The van der Waals surface area contributed by atoms with Gasteiger partial charge in [-0.15, -0.1) is 0 Å². The molecule has 100 valence electrons. The van der Waals surface area contributed by atoms with Gasteiger partial charge < -0.3 is 9.84 Å². The van der Waals surface area contributed by atoms with Gasteiger partial charge in [0.2, 0.25) is 0 Å². The van der Waals surface area contributed by atoms with Crippen LogP contribution in [0.25, 0.3) is 0 Å². The minimum Gasteiger partial charge on any atom is -0.491 e. The van der Waals surface area contributed by atoms with Crippen LogP contribution in [-0.2, 0) is 0 Å². The third-order valence-electron chi connectivity index (χ3n) is 3.14. The molecule has 0 amide bonds. The number of hydrogen-bond acceptors (Lipinski definition) is 2. The normalized spacial score (nSPS) is 12.4. The summed E-state index contributed by atoms with van der Waals surface area (Å²) < 4.78 is 5.61. The Hall–Kier alpha value is -1.80. The van der Waals surface area contributed by atoms with Gasteiger partial charge >= 0.3 is 0 Å². The van der Waals surface area contributed by atoms with Gasteiger partial charge in [0.25, 0.3) is 0 Å². The molecule has 0 saturated carbocycles. The minimum absolute atomic E-state index is 0.269. The molecule has 0 heterocycles. The zero-order valence-electron chi connectivity index (χ0n) is 11.4. The zero-order chi connectivity index (χ0) is 13.7. The van der Waals surface area contributed by atoms with Crippen LogP contribution in [0.15, 0.2) is 54.6 Å². The number of hydrogen-bond donors (Lipinski definition) is 1. The maximum Gasteiger partial charge on any atom is 0.119 e. The van der Waals surface area contributed by atoms with Gasteiger partial charge in [0.1, 0.15) is 18.5 Å². The summed E-state index contributed by atoms with van der Waals surface area (Å²) in [4.78, 5) is 0. The molecular formula is C17H20O2. The highest BCUT2D eigenvalue weighted by Crippen LogP contribution is 2.20. The van der Waals surface area contributed by atoms with Crippen LogP contribution in [0.5, 0.6) is 5.75 Å². The van der Waals surface area contributed by atoms with Crippen molar-refractivity contribution in [2.24, 2.45) is 0 Å². The Kier molecular flexibility index (Phi) is 4.58. The van der Waals surface area contributed by atoms with Gasteiger partial charge in [-0.25, -0.2) is 0 Å². The average Bonchev–Trinajstić information content (AvgIpc) is 2.46. The lowest BCUT2D eigenvalue weighted by Crippen LogP contribution is -2.09. The van der Waals surface area contributed by atoms with Crippen LogP contribution in [0.2, 0.25) is 0 Å². The summed E-state index contributed by atoms with van der Waals surface area (Å²) in [6.07, 6.45) is -0.592. The topological polar surface area (TPSA) is 29.5 Å². The molecule has 2 rings (SSSR count). The van der Waals surface area contributed by atoms with E-state index in [-0.39, 0.29) is 6.61 Å². The largest absolute Gasteiger partial charge is 0.491 e. The van der Waals surface area contributed by atoms with E-state index >= 15 is 0 Å².